The van der Waals surface area contributed by atoms with Gasteiger partial charge in [0.15, 0.2) is 0 Å². The Morgan fingerprint density at radius 3 is 2.36 bits per heavy atom. The molecule has 0 bridgehead atoms. The van der Waals surface area contributed by atoms with Crippen molar-refractivity contribution in [2.45, 2.75) is 19.9 Å². The lowest BCUT2D eigenvalue weighted by molar-refractivity contribution is -0.143. The highest BCUT2D eigenvalue weighted by Gasteiger charge is 2.30. The van der Waals surface area contributed by atoms with Gasteiger partial charge in [0.2, 0.25) is 0 Å². The van der Waals surface area contributed by atoms with Crippen LogP contribution in [-0.4, -0.2) is 42.2 Å². The Morgan fingerprint density at radius 1 is 1.04 bits per heavy atom. The van der Waals surface area contributed by atoms with E-state index in [-0.39, 0.29) is 0 Å². The SMILES string of the molecule is Cc1ccc(N2CCN(C(C(=O)O)c3cccc(F)c3)CC2)cc1C. The van der Waals surface area contributed by atoms with Crippen LogP contribution in [0.5, 0.6) is 0 Å². The second-order valence-corrected chi connectivity index (χ2v) is 6.59. The predicted molar refractivity (Wildman–Crippen MR) is 96.5 cm³/mol. The highest BCUT2D eigenvalue weighted by molar-refractivity contribution is 5.75. The molecule has 1 heterocycles. The van der Waals surface area contributed by atoms with E-state index in [1.165, 1.54) is 28.9 Å². The fourth-order valence-corrected chi connectivity index (χ4v) is 3.35. The van der Waals surface area contributed by atoms with Crippen LogP contribution in [0.3, 0.4) is 0 Å². The number of aryl methyl sites for hydroxylation is 2. The molecule has 0 saturated carbocycles. The maximum absolute atomic E-state index is 13.5. The fraction of sp³-hybridized carbons (Fsp3) is 0.350. The zero-order chi connectivity index (χ0) is 18.0. The number of carboxylic acids is 1. The Balaban J connectivity index is 1.73. The molecule has 3 rings (SSSR count). The van der Waals surface area contributed by atoms with Crippen molar-refractivity contribution in [2.24, 2.45) is 0 Å². The van der Waals surface area contributed by atoms with Crippen molar-refractivity contribution in [1.82, 2.24) is 4.90 Å². The van der Waals surface area contributed by atoms with Crippen LogP contribution in [0.25, 0.3) is 0 Å². The van der Waals surface area contributed by atoms with Gasteiger partial charge in [0.05, 0.1) is 0 Å². The van der Waals surface area contributed by atoms with Gasteiger partial charge in [-0.15, -0.1) is 0 Å². The summed E-state index contributed by atoms with van der Waals surface area (Å²) in [4.78, 5) is 15.9. The number of carboxylic acid groups (broad SMARTS) is 1. The van der Waals surface area contributed by atoms with Crippen LogP contribution in [0.15, 0.2) is 42.5 Å². The maximum Gasteiger partial charge on any atom is 0.325 e. The molecule has 1 saturated heterocycles. The van der Waals surface area contributed by atoms with E-state index in [9.17, 15) is 14.3 Å². The predicted octanol–water partition coefficient (Wildman–Crippen LogP) is 3.39. The van der Waals surface area contributed by atoms with Crippen molar-refractivity contribution in [3.8, 4) is 0 Å². The first-order chi connectivity index (χ1) is 12.0. The summed E-state index contributed by atoms with van der Waals surface area (Å²) in [5.41, 5.74) is 4.18. The third-order valence-electron chi connectivity index (χ3n) is 4.93. The van der Waals surface area contributed by atoms with Crippen molar-refractivity contribution in [3.05, 3.63) is 65.0 Å². The molecule has 1 atom stereocenters. The molecule has 2 aromatic carbocycles. The van der Waals surface area contributed by atoms with E-state index in [1.807, 2.05) is 4.90 Å². The van der Waals surface area contributed by atoms with Gasteiger partial charge in [-0.25, -0.2) is 4.39 Å². The minimum atomic E-state index is -0.940. The van der Waals surface area contributed by atoms with E-state index in [1.54, 1.807) is 12.1 Å². The van der Waals surface area contributed by atoms with Crippen LogP contribution >= 0.6 is 0 Å². The molecule has 0 radical (unpaired) electrons. The van der Waals surface area contributed by atoms with E-state index in [2.05, 4.69) is 36.9 Å². The molecule has 1 unspecified atom stereocenters. The second-order valence-electron chi connectivity index (χ2n) is 6.59. The van der Waals surface area contributed by atoms with Gasteiger partial charge in [-0.1, -0.05) is 18.2 Å². The second kappa shape index (κ2) is 7.23. The molecule has 132 valence electrons. The average molecular weight is 342 g/mol. The van der Waals surface area contributed by atoms with Gasteiger partial charge in [0, 0.05) is 31.9 Å². The van der Waals surface area contributed by atoms with Gasteiger partial charge in [-0.05, 0) is 54.8 Å². The van der Waals surface area contributed by atoms with Crippen LogP contribution in [0.1, 0.15) is 22.7 Å². The number of halogens is 1. The standard InChI is InChI=1S/C20H23FN2O2/c1-14-6-7-18(12-15(14)2)22-8-10-23(11-9-22)19(20(24)25)16-4-3-5-17(21)13-16/h3-7,12-13,19H,8-11H2,1-2H3,(H,24,25). The lowest BCUT2D eigenvalue weighted by atomic mass is 10.0. The van der Waals surface area contributed by atoms with Crippen molar-refractivity contribution in [3.63, 3.8) is 0 Å². The van der Waals surface area contributed by atoms with Gasteiger partial charge in [-0.2, -0.15) is 0 Å². The fourth-order valence-electron chi connectivity index (χ4n) is 3.35. The topological polar surface area (TPSA) is 43.8 Å². The summed E-state index contributed by atoms with van der Waals surface area (Å²) < 4.78 is 13.5. The number of carbonyl (C=O) groups is 1. The molecule has 25 heavy (non-hydrogen) atoms. The Hall–Kier alpha value is -2.40. The molecule has 1 aliphatic heterocycles. The summed E-state index contributed by atoms with van der Waals surface area (Å²) in [6.45, 7) is 6.94. The number of piperazine rings is 1. The van der Waals surface area contributed by atoms with Crippen LogP contribution < -0.4 is 4.90 Å². The van der Waals surface area contributed by atoms with E-state index in [0.717, 1.165) is 13.1 Å². The van der Waals surface area contributed by atoms with Crippen molar-refractivity contribution >= 4 is 11.7 Å². The van der Waals surface area contributed by atoms with Crippen LogP contribution in [0, 0.1) is 19.7 Å². The number of hydrogen-bond acceptors (Lipinski definition) is 3. The summed E-state index contributed by atoms with van der Waals surface area (Å²) in [6, 6.07) is 11.5. The van der Waals surface area contributed by atoms with Crippen molar-refractivity contribution < 1.29 is 14.3 Å². The van der Waals surface area contributed by atoms with E-state index >= 15 is 0 Å². The largest absolute Gasteiger partial charge is 0.480 e. The number of anilines is 1. The van der Waals surface area contributed by atoms with Gasteiger partial charge in [-0.3, -0.25) is 9.69 Å². The van der Waals surface area contributed by atoms with Crippen LogP contribution in [0.2, 0.25) is 0 Å². The molecular weight excluding hydrogens is 319 g/mol. The minimum absolute atomic E-state index is 0.405. The van der Waals surface area contributed by atoms with Crippen LogP contribution in [0.4, 0.5) is 10.1 Å². The normalized spacial score (nSPS) is 16.7. The zero-order valence-corrected chi connectivity index (χ0v) is 14.6. The van der Waals surface area contributed by atoms with E-state index < -0.39 is 17.8 Å². The molecule has 0 aromatic heterocycles. The molecule has 0 spiro atoms. The third-order valence-corrected chi connectivity index (χ3v) is 4.93. The molecule has 1 aliphatic rings. The monoisotopic (exact) mass is 342 g/mol. The smallest absolute Gasteiger partial charge is 0.325 e. The molecule has 1 fully saturated rings. The molecule has 0 aliphatic carbocycles. The van der Waals surface area contributed by atoms with Crippen molar-refractivity contribution in [1.29, 1.82) is 0 Å². The quantitative estimate of drug-likeness (QED) is 0.925. The Kier molecular flexibility index (Phi) is 5.04. The van der Waals surface area contributed by atoms with Gasteiger partial charge < -0.3 is 10.0 Å². The maximum atomic E-state index is 13.5. The van der Waals surface area contributed by atoms with E-state index in [0.29, 0.717) is 18.7 Å². The van der Waals surface area contributed by atoms with Gasteiger partial charge in [0.1, 0.15) is 11.9 Å². The zero-order valence-electron chi connectivity index (χ0n) is 14.6. The summed E-state index contributed by atoms with van der Waals surface area (Å²) in [5.74, 6) is -1.34. The molecular formula is C20H23FN2O2. The third kappa shape index (κ3) is 3.82. The van der Waals surface area contributed by atoms with Crippen LogP contribution in [-0.2, 0) is 4.79 Å². The lowest BCUT2D eigenvalue weighted by Crippen LogP contribution is -2.49. The summed E-state index contributed by atoms with van der Waals surface area (Å²) in [7, 11) is 0. The highest BCUT2D eigenvalue weighted by Crippen LogP contribution is 2.26. The molecule has 5 heteroatoms. The molecule has 4 nitrogen and oxygen atoms in total. The van der Waals surface area contributed by atoms with Crippen molar-refractivity contribution in [2.75, 3.05) is 31.1 Å². The first-order valence-corrected chi connectivity index (χ1v) is 8.50. The van der Waals surface area contributed by atoms with Gasteiger partial charge >= 0.3 is 5.97 Å². The van der Waals surface area contributed by atoms with Gasteiger partial charge in [0.25, 0.3) is 0 Å². The molecule has 2 aromatic rings. The van der Waals surface area contributed by atoms with E-state index in [4.69, 9.17) is 0 Å². The molecule has 1 N–H and O–H groups in total. The Labute approximate surface area is 147 Å². The first kappa shape index (κ1) is 17.4. The number of nitrogens with zero attached hydrogens (tertiary/aromatic N) is 2. The average Bonchev–Trinajstić information content (AvgIpc) is 2.58. The highest BCUT2D eigenvalue weighted by atomic mass is 19.1. The number of hydrogen-bond donors (Lipinski definition) is 1. The first-order valence-electron chi connectivity index (χ1n) is 8.50. The summed E-state index contributed by atoms with van der Waals surface area (Å²) in [6.07, 6.45) is 0. The minimum Gasteiger partial charge on any atom is -0.480 e. The Morgan fingerprint density at radius 2 is 1.76 bits per heavy atom. The summed E-state index contributed by atoms with van der Waals surface area (Å²) in [5, 5.41) is 9.64. The Bertz CT molecular complexity index is 770. The number of rotatable bonds is 4. The number of benzene rings is 2. The lowest BCUT2D eigenvalue weighted by Gasteiger charge is -2.39. The molecule has 0 amide bonds. The number of aliphatic carboxylic acids is 1. The summed E-state index contributed by atoms with van der Waals surface area (Å²) >= 11 is 0.